The first-order chi connectivity index (χ1) is 11.6. The monoisotopic (exact) mass is 333 g/mol. The maximum absolute atomic E-state index is 11.9. The molecular formula is C16H21N4O4+. The fraction of sp³-hybridized carbons (Fsp3) is 0.500. The minimum Gasteiger partial charge on any atom is -0.466 e. The molecule has 3 rings (SSSR count). The van der Waals surface area contributed by atoms with E-state index < -0.39 is 4.92 Å². The summed E-state index contributed by atoms with van der Waals surface area (Å²) in [6.07, 6.45) is 3.52. The van der Waals surface area contributed by atoms with Crippen molar-refractivity contribution in [1.29, 1.82) is 0 Å². The van der Waals surface area contributed by atoms with Crippen molar-refractivity contribution < 1.29 is 19.4 Å². The SMILES string of the molecule is CCOC(=O)[C@@H]1CCC[NH+](Cn2ncc3ccc([N+](=O)[O-])cc32)C1. The molecule has 128 valence electrons. The van der Waals surface area contributed by atoms with Crippen molar-refractivity contribution in [3.63, 3.8) is 0 Å². The highest BCUT2D eigenvalue weighted by Crippen LogP contribution is 2.20. The summed E-state index contributed by atoms with van der Waals surface area (Å²) in [6.45, 7) is 4.45. The van der Waals surface area contributed by atoms with Gasteiger partial charge in [0.25, 0.3) is 5.69 Å². The summed E-state index contributed by atoms with van der Waals surface area (Å²) in [6, 6.07) is 4.75. The van der Waals surface area contributed by atoms with E-state index in [0.29, 0.717) is 19.8 Å². The summed E-state index contributed by atoms with van der Waals surface area (Å²) in [4.78, 5) is 23.7. The van der Waals surface area contributed by atoms with E-state index in [-0.39, 0.29) is 17.6 Å². The number of carbonyl (C=O) groups is 1. The standard InChI is InChI=1S/C16H20N4O4/c1-2-24-16(21)13-4-3-7-18(10-13)11-19-15-8-14(20(22)23)6-5-12(15)9-17-19/h5-6,8-9,13H,2-4,7,10-11H2,1H3/p+1/t13-/m1/s1. The number of rotatable bonds is 5. The molecular weight excluding hydrogens is 312 g/mol. The third-order valence-corrected chi connectivity index (χ3v) is 4.45. The van der Waals surface area contributed by atoms with Crippen LogP contribution >= 0.6 is 0 Å². The fourth-order valence-corrected chi connectivity index (χ4v) is 3.27. The van der Waals surface area contributed by atoms with Crippen LogP contribution in [0.25, 0.3) is 10.9 Å². The number of carbonyl (C=O) groups excluding carboxylic acids is 1. The second-order valence-corrected chi connectivity index (χ2v) is 6.10. The Balaban J connectivity index is 1.75. The second-order valence-electron chi connectivity index (χ2n) is 6.10. The van der Waals surface area contributed by atoms with Crippen molar-refractivity contribution in [3.05, 3.63) is 34.5 Å². The summed E-state index contributed by atoms with van der Waals surface area (Å²) in [5.74, 6) is -0.208. The van der Waals surface area contributed by atoms with E-state index >= 15 is 0 Å². The van der Waals surface area contributed by atoms with Gasteiger partial charge in [-0.25, -0.2) is 4.68 Å². The third kappa shape index (κ3) is 3.38. The zero-order chi connectivity index (χ0) is 17.1. The Hall–Kier alpha value is -2.48. The topological polar surface area (TPSA) is 91.7 Å². The van der Waals surface area contributed by atoms with E-state index in [4.69, 9.17) is 4.74 Å². The molecule has 8 heteroatoms. The van der Waals surface area contributed by atoms with Gasteiger partial charge in [0.15, 0.2) is 6.67 Å². The third-order valence-electron chi connectivity index (χ3n) is 4.45. The van der Waals surface area contributed by atoms with Crippen molar-refractivity contribution in [2.45, 2.75) is 26.4 Å². The highest BCUT2D eigenvalue weighted by Gasteiger charge is 2.30. The van der Waals surface area contributed by atoms with Crippen LogP contribution in [0.1, 0.15) is 19.8 Å². The molecule has 2 aromatic rings. The van der Waals surface area contributed by atoms with Gasteiger partial charge < -0.3 is 9.64 Å². The minimum absolute atomic E-state index is 0.0577. The number of benzene rings is 1. The van der Waals surface area contributed by atoms with Crippen molar-refractivity contribution >= 4 is 22.6 Å². The Morgan fingerprint density at radius 1 is 1.54 bits per heavy atom. The van der Waals surface area contributed by atoms with Gasteiger partial charge in [-0.2, -0.15) is 5.10 Å². The summed E-state index contributed by atoms with van der Waals surface area (Å²) >= 11 is 0. The number of hydrogen-bond acceptors (Lipinski definition) is 5. The number of quaternary nitrogens is 1. The molecule has 0 amide bonds. The Labute approximate surface area is 139 Å². The zero-order valence-corrected chi connectivity index (χ0v) is 13.6. The molecule has 0 aliphatic carbocycles. The fourth-order valence-electron chi connectivity index (χ4n) is 3.27. The molecule has 2 atom stereocenters. The lowest BCUT2D eigenvalue weighted by Crippen LogP contribution is -3.13. The Morgan fingerprint density at radius 3 is 3.12 bits per heavy atom. The normalized spacial score (nSPS) is 20.9. The first kappa shape index (κ1) is 16.4. The first-order valence-corrected chi connectivity index (χ1v) is 8.18. The molecule has 1 aliphatic rings. The first-order valence-electron chi connectivity index (χ1n) is 8.18. The van der Waals surface area contributed by atoms with Crippen LogP contribution in [0.2, 0.25) is 0 Å². The number of ether oxygens (including phenoxy) is 1. The molecule has 1 aliphatic heterocycles. The summed E-state index contributed by atoms with van der Waals surface area (Å²) < 4.78 is 6.91. The van der Waals surface area contributed by atoms with Crippen LogP contribution in [0.3, 0.4) is 0 Å². The van der Waals surface area contributed by atoms with Gasteiger partial charge in [-0.1, -0.05) is 0 Å². The summed E-state index contributed by atoms with van der Waals surface area (Å²) in [5.41, 5.74) is 0.803. The molecule has 2 heterocycles. The number of nitro groups is 1. The number of piperidine rings is 1. The van der Waals surface area contributed by atoms with Gasteiger partial charge in [-0.3, -0.25) is 14.9 Å². The molecule has 0 saturated carbocycles. The van der Waals surface area contributed by atoms with E-state index in [2.05, 4.69) is 5.10 Å². The Kier molecular flexibility index (Phi) is 4.75. The number of nitrogens with one attached hydrogen (secondary N) is 1. The molecule has 0 radical (unpaired) electrons. The number of nitrogens with zero attached hydrogens (tertiary/aromatic N) is 3. The number of nitro benzene ring substituents is 1. The lowest BCUT2D eigenvalue weighted by molar-refractivity contribution is -0.930. The lowest BCUT2D eigenvalue weighted by atomic mass is 9.98. The lowest BCUT2D eigenvalue weighted by Gasteiger charge is -2.28. The van der Waals surface area contributed by atoms with Gasteiger partial charge in [0, 0.05) is 17.5 Å². The molecule has 1 fully saturated rings. The minimum atomic E-state index is -0.401. The van der Waals surface area contributed by atoms with Crippen LogP contribution in [-0.2, 0) is 16.2 Å². The Morgan fingerprint density at radius 2 is 2.38 bits per heavy atom. The van der Waals surface area contributed by atoms with Gasteiger partial charge in [0.2, 0.25) is 0 Å². The second kappa shape index (κ2) is 6.96. The summed E-state index contributed by atoms with van der Waals surface area (Å²) in [7, 11) is 0. The molecule has 0 bridgehead atoms. The highest BCUT2D eigenvalue weighted by molar-refractivity contribution is 5.80. The maximum atomic E-state index is 11.9. The highest BCUT2D eigenvalue weighted by atomic mass is 16.6. The summed E-state index contributed by atoms with van der Waals surface area (Å²) in [5, 5.41) is 16.2. The molecule has 1 aromatic carbocycles. The number of likely N-dealkylation sites (tertiary alicyclic amines) is 1. The molecule has 24 heavy (non-hydrogen) atoms. The van der Waals surface area contributed by atoms with Crippen LogP contribution in [0.4, 0.5) is 5.69 Å². The average molecular weight is 333 g/mol. The van der Waals surface area contributed by atoms with Crippen LogP contribution in [0.5, 0.6) is 0 Å². The predicted octanol–water partition coefficient (Wildman–Crippen LogP) is 0.760. The Bertz CT molecular complexity index is 758. The van der Waals surface area contributed by atoms with Crippen LogP contribution < -0.4 is 4.90 Å². The van der Waals surface area contributed by atoms with Crippen LogP contribution in [0, 0.1) is 16.0 Å². The zero-order valence-electron chi connectivity index (χ0n) is 13.6. The van der Waals surface area contributed by atoms with Crippen LogP contribution in [0.15, 0.2) is 24.4 Å². The van der Waals surface area contributed by atoms with E-state index in [0.717, 1.165) is 30.3 Å². The molecule has 1 N–H and O–H groups in total. The van der Waals surface area contributed by atoms with Crippen molar-refractivity contribution in [2.24, 2.45) is 5.92 Å². The molecule has 8 nitrogen and oxygen atoms in total. The molecule has 1 saturated heterocycles. The van der Waals surface area contributed by atoms with E-state index in [9.17, 15) is 14.9 Å². The van der Waals surface area contributed by atoms with E-state index in [1.54, 1.807) is 23.0 Å². The number of non-ortho nitro benzene ring substituents is 1. The molecule has 1 unspecified atom stereocenters. The predicted molar refractivity (Wildman–Crippen MR) is 86.4 cm³/mol. The van der Waals surface area contributed by atoms with Gasteiger partial charge >= 0.3 is 5.97 Å². The number of esters is 1. The van der Waals surface area contributed by atoms with Crippen molar-refractivity contribution in [1.82, 2.24) is 9.78 Å². The van der Waals surface area contributed by atoms with E-state index in [1.165, 1.54) is 11.0 Å². The molecule has 1 aromatic heterocycles. The number of hydrogen-bond donors (Lipinski definition) is 1. The smallest absolute Gasteiger partial charge is 0.314 e. The van der Waals surface area contributed by atoms with Gasteiger partial charge in [0.1, 0.15) is 5.92 Å². The largest absolute Gasteiger partial charge is 0.466 e. The maximum Gasteiger partial charge on any atom is 0.314 e. The van der Waals surface area contributed by atoms with Gasteiger partial charge in [-0.05, 0) is 25.8 Å². The molecule has 0 spiro atoms. The van der Waals surface area contributed by atoms with Gasteiger partial charge in [-0.15, -0.1) is 0 Å². The van der Waals surface area contributed by atoms with E-state index in [1.807, 2.05) is 6.92 Å². The van der Waals surface area contributed by atoms with Crippen LogP contribution in [-0.4, -0.2) is 40.4 Å². The number of aromatic nitrogens is 2. The van der Waals surface area contributed by atoms with Crippen molar-refractivity contribution in [3.8, 4) is 0 Å². The number of fused-ring (bicyclic) bond motifs is 1. The van der Waals surface area contributed by atoms with Gasteiger partial charge in [0.05, 0.1) is 36.3 Å². The quantitative estimate of drug-likeness (QED) is 0.495. The average Bonchev–Trinajstić information content (AvgIpc) is 2.97. The van der Waals surface area contributed by atoms with Crippen molar-refractivity contribution in [2.75, 3.05) is 19.7 Å².